The minimum absolute atomic E-state index is 0.0644. The van der Waals surface area contributed by atoms with Crippen LogP contribution in [0.5, 0.6) is 5.75 Å². The minimum Gasteiger partial charge on any atom is -0.491 e. The predicted octanol–water partition coefficient (Wildman–Crippen LogP) is 3.82. The largest absolute Gasteiger partial charge is 0.491 e. The van der Waals surface area contributed by atoms with E-state index < -0.39 is 6.10 Å². The van der Waals surface area contributed by atoms with Crippen molar-refractivity contribution in [3.63, 3.8) is 0 Å². The van der Waals surface area contributed by atoms with Gasteiger partial charge in [-0.25, -0.2) is 0 Å². The monoisotopic (exact) mass is 428 g/mol. The summed E-state index contributed by atoms with van der Waals surface area (Å²) in [5.41, 5.74) is 2.38. The summed E-state index contributed by atoms with van der Waals surface area (Å²) < 4.78 is 6.08. The highest BCUT2D eigenvalue weighted by Gasteiger charge is 2.32. The van der Waals surface area contributed by atoms with E-state index in [0.717, 1.165) is 12.2 Å². The third-order valence-electron chi connectivity index (χ3n) is 5.53. The Bertz CT molecular complexity index is 833. The summed E-state index contributed by atoms with van der Waals surface area (Å²) in [5, 5.41) is 12.1. The molecule has 30 heavy (non-hydrogen) atoms. The summed E-state index contributed by atoms with van der Waals surface area (Å²) in [7, 11) is 0. The zero-order valence-corrected chi connectivity index (χ0v) is 18.7. The lowest BCUT2D eigenvalue weighted by molar-refractivity contribution is -0.136. The standard InChI is InChI=1S/C24H32N2O3S/c1-4-12-25(15-19(27)5-2)16-24(28)26-13-10-23-21(11-14-30-23)22(26)17-29-20-8-6-18(3)7-9-20/h4,6-9,11,14,19,22,27H,1,5,10,12-13,15-17H2,2-3H3/t19-,22-/m1/s1. The van der Waals surface area contributed by atoms with E-state index in [0.29, 0.717) is 32.7 Å². The number of ether oxygens (including phenoxy) is 1. The van der Waals surface area contributed by atoms with Gasteiger partial charge in [-0.3, -0.25) is 9.69 Å². The van der Waals surface area contributed by atoms with E-state index in [1.165, 1.54) is 16.0 Å². The Morgan fingerprint density at radius 1 is 1.40 bits per heavy atom. The number of hydrogen-bond donors (Lipinski definition) is 1. The maximum atomic E-state index is 13.3. The molecule has 0 aliphatic carbocycles. The molecule has 0 fully saturated rings. The average Bonchev–Trinajstić information content (AvgIpc) is 3.22. The van der Waals surface area contributed by atoms with Gasteiger partial charge in [-0.15, -0.1) is 17.9 Å². The Labute approximate surface area is 183 Å². The molecular weight excluding hydrogens is 396 g/mol. The van der Waals surface area contributed by atoms with Crippen LogP contribution in [0.2, 0.25) is 0 Å². The number of fused-ring (bicyclic) bond motifs is 1. The van der Waals surface area contributed by atoms with Gasteiger partial charge in [0.2, 0.25) is 5.91 Å². The summed E-state index contributed by atoms with van der Waals surface area (Å²) in [5.74, 6) is 0.879. The van der Waals surface area contributed by atoms with Gasteiger partial charge in [0.15, 0.2) is 0 Å². The van der Waals surface area contributed by atoms with Crippen molar-refractivity contribution >= 4 is 17.2 Å². The molecule has 0 saturated heterocycles. The number of hydrogen-bond acceptors (Lipinski definition) is 5. The summed E-state index contributed by atoms with van der Waals surface area (Å²) in [6, 6.07) is 10.0. The van der Waals surface area contributed by atoms with E-state index in [1.807, 2.05) is 47.9 Å². The van der Waals surface area contributed by atoms with Crippen LogP contribution in [0.3, 0.4) is 0 Å². The Balaban J connectivity index is 1.72. The van der Waals surface area contributed by atoms with Gasteiger partial charge in [-0.1, -0.05) is 30.7 Å². The number of aliphatic hydroxyl groups is 1. The summed E-state index contributed by atoms with van der Waals surface area (Å²) >= 11 is 1.75. The lowest BCUT2D eigenvalue weighted by Crippen LogP contribution is -2.47. The second kappa shape index (κ2) is 10.8. The van der Waals surface area contributed by atoms with Gasteiger partial charge in [-0.2, -0.15) is 0 Å². The summed E-state index contributed by atoms with van der Waals surface area (Å²) in [4.78, 5) is 18.5. The van der Waals surface area contributed by atoms with Crippen molar-refractivity contribution in [3.05, 3.63) is 64.4 Å². The first-order valence-electron chi connectivity index (χ1n) is 10.6. The smallest absolute Gasteiger partial charge is 0.237 e. The maximum Gasteiger partial charge on any atom is 0.237 e. The minimum atomic E-state index is -0.441. The van der Waals surface area contributed by atoms with E-state index in [-0.39, 0.29) is 18.5 Å². The summed E-state index contributed by atoms with van der Waals surface area (Å²) in [6.07, 6.45) is 2.87. The second-order valence-corrected chi connectivity index (χ2v) is 8.82. The molecule has 1 aliphatic rings. The number of thiophene rings is 1. The highest BCUT2D eigenvalue weighted by molar-refractivity contribution is 7.10. The zero-order chi connectivity index (χ0) is 21.5. The van der Waals surface area contributed by atoms with Crippen LogP contribution in [-0.4, -0.2) is 59.7 Å². The number of carbonyl (C=O) groups excluding carboxylic acids is 1. The van der Waals surface area contributed by atoms with Gasteiger partial charge in [0.05, 0.1) is 18.7 Å². The number of nitrogens with zero attached hydrogens (tertiary/aromatic N) is 2. The highest BCUT2D eigenvalue weighted by atomic mass is 32.1. The average molecular weight is 429 g/mol. The molecule has 0 saturated carbocycles. The molecule has 1 N–H and O–H groups in total. The first-order chi connectivity index (χ1) is 14.5. The van der Waals surface area contributed by atoms with Crippen LogP contribution in [0.25, 0.3) is 0 Å². The molecule has 0 radical (unpaired) electrons. The zero-order valence-electron chi connectivity index (χ0n) is 17.9. The van der Waals surface area contributed by atoms with Crippen molar-refractivity contribution < 1.29 is 14.6 Å². The van der Waals surface area contributed by atoms with Crippen molar-refractivity contribution in [2.24, 2.45) is 0 Å². The normalized spacial score (nSPS) is 16.9. The van der Waals surface area contributed by atoms with Crippen molar-refractivity contribution in [2.75, 3.05) is 32.8 Å². The molecule has 2 heterocycles. The Morgan fingerprint density at radius 2 is 2.17 bits per heavy atom. The molecule has 0 spiro atoms. The van der Waals surface area contributed by atoms with Crippen LogP contribution in [-0.2, 0) is 11.2 Å². The third kappa shape index (κ3) is 5.72. The lowest BCUT2D eigenvalue weighted by Gasteiger charge is -2.37. The Morgan fingerprint density at radius 3 is 2.87 bits per heavy atom. The molecule has 2 aromatic rings. The topological polar surface area (TPSA) is 53.0 Å². The first kappa shape index (κ1) is 22.5. The van der Waals surface area contributed by atoms with Crippen molar-refractivity contribution in [2.45, 2.75) is 38.8 Å². The Hall–Kier alpha value is -2.15. The molecule has 1 aliphatic heterocycles. The number of aliphatic hydroxyl groups excluding tert-OH is 1. The Kier molecular flexibility index (Phi) is 8.08. The van der Waals surface area contributed by atoms with Crippen LogP contribution < -0.4 is 4.74 Å². The fourth-order valence-electron chi connectivity index (χ4n) is 3.78. The second-order valence-electron chi connectivity index (χ2n) is 7.82. The fraction of sp³-hybridized carbons (Fsp3) is 0.458. The molecule has 162 valence electrons. The van der Waals surface area contributed by atoms with E-state index >= 15 is 0 Å². The highest BCUT2D eigenvalue weighted by Crippen LogP contribution is 2.34. The molecular formula is C24H32N2O3S. The summed E-state index contributed by atoms with van der Waals surface area (Å²) in [6.45, 7) is 10.2. The molecule has 3 rings (SSSR count). The molecule has 0 unspecified atom stereocenters. The quantitative estimate of drug-likeness (QED) is 0.585. The van der Waals surface area contributed by atoms with Crippen LogP contribution in [0.4, 0.5) is 0 Å². The van der Waals surface area contributed by atoms with Crippen molar-refractivity contribution in [3.8, 4) is 5.75 Å². The first-order valence-corrected chi connectivity index (χ1v) is 11.5. The number of rotatable bonds is 10. The molecule has 1 aromatic carbocycles. The van der Waals surface area contributed by atoms with Gasteiger partial charge in [0.1, 0.15) is 12.4 Å². The molecule has 6 heteroatoms. The van der Waals surface area contributed by atoms with Crippen LogP contribution >= 0.6 is 11.3 Å². The number of benzene rings is 1. The van der Waals surface area contributed by atoms with Crippen LogP contribution in [0, 0.1) is 6.92 Å². The van der Waals surface area contributed by atoms with Gasteiger partial charge in [0, 0.05) is 24.5 Å². The third-order valence-corrected chi connectivity index (χ3v) is 6.53. The predicted molar refractivity (Wildman–Crippen MR) is 122 cm³/mol. The number of amides is 1. The molecule has 0 bridgehead atoms. The van der Waals surface area contributed by atoms with E-state index in [1.54, 1.807) is 17.4 Å². The number of aryl methyl sites for hydroxylation is 1. The van der Waals surface area contributed by atoms with Crippen LogP contribution in [0.15, 0.2) is 48.4 Å². The van der Waals surface area contributed by atoms with Crippen molar-refractivity contribution in [1.29, 1.82) is 0 Å². The van der Waals surface area contributed by atoms with Gasteiger partial charge >= 0.3 is 0 Å². The van der Waals surface area contributed by atoms with E-state index in [9.17, 15) is 9.90 Å². The number of carbonyl (C=O) groups is 1. The SMILES string of the molecule is C=CCN(CC(=O)N1CCc2sccc2[C@H]1COc1ccc(C)cc1)C[C@H](O)CC. The van der Waals surface area contributed by atoms with Gasteiger partial charge in [0.25, 0.3) is 0 Å². The van der Waals surface area contributed by atoms with E-state index in [4.69, 9.17) is 4.74 Å². The van der Waals surface area contributed by atoms with E-state index in [2.05, 4.69) is 18.0 Å². The van der Waals surface area contributed by atoms with Crippen LogP contribution in [0.1, 0.15) is 35.4 Å². The molecule has 2 atom stereocenters. The molecule has 5 nitrogen and oxygen atoms in total. The van der Waals surface area contributed by atoms with Gasteiger partial charge in [-0.05, 0) is 48.9 Å². The molecule has 1 aromatic heterocycles. The van der Waals surface area contributed by atoms with Crippen molar-refractivity contribution in [1.82, 2.24) is 9.80 Å². The van der Waals surface area contributed by atoms with Gasteiger partial charge < -0.3 is 14.7 Å². The maximum absolute atomic E-state index is 13.3. The lowest BCUT2D eigenvalue weighted by atomic mass is 10.0. The molecule has 1 amide bonds. The fourth-order valence-corrected chi connectivity index (χ4v) is 4.71.